The summed E-state index contributed by atoms with van der Waals surface area (Å²) in [6, 6.07) is 8.00. The van der Waals surface area contributed by atoms with Crippen molar-refractivity contribution in [3.63, 3.8) is 0 Å². The van der Waals surface area contributed by atoms with Gasteiger partial charge in [0.15, 0.2) is 5.16 Å². The van der Waals surface area contributed by atoms with Gasteiger partial charge in [0.2, 0.25) is 5.91 Å². The number of hydrogen-bond donors (Lipinski definition) is 1. The summed E-state index contributed by atoms with van der Waals surface area (Å²) in [6.07, 6.45) is 1.04. The second kappa shape index (κ2) is 7.64. The zero-order valence-corrected chi connectivity index (χ0v) is 15.1. The summed E-state index contributed by atoms with van der Waals surface area (Å²) in [6.45, 7) is 8.10. The summed E-state index contributed by atoms with van der Waals surface area (Å²) in [4.78, 5) is 12.5. The van der Waals surface area contributed by atoms with E-state index in [4.69, 9.17) is 0 Å². The van der Waals surface area contributed by atoms with Crippen molar-refractivity contribution in [2.24, 2.45) is 7.05 Å². The lowest BCUT2D eigenvalue weighted by atomic mass is 9.97. The van der Waals surface area contributed by atoms with Crippen LogP contribution in [0.2, 0.25) is 0 Å². The molecular formula is C17H24N4OS. The number of hydrogen-bond acceptors (Lipinski definition) is 4. The zero-order valence-electron chi connectivity index (χ0n) is 14.3. The largest absolute Gasteiger partial charge is 0.325 e. The number of carbonyl (C=O) groups excluding carboxylic acids is 1. The molecule has 1 heterocycles. The van der Waals surface area contributed by atoms with Gasteiger partial charge in [-0.05, 0) is 37.8 Å². The van der Waals surface area contributed by atoms with Gasteiger partial charge in [0.05, 0.1) is 5.25 Å². The first kappa shape index (κ1) is 17.5. The third-order valence-electron chi connectivity index (χ3n) is 4.07. The lowest BCUT2D eigenvalue weighted by Crippen LogP contribution is -2.23. The van der Waals surface area contributed by atoms with Crippen molar-refractivity contribution in [2.45, 2.75) is 50.4 Å². The van der Waals surface area contributed by atoms with E-state index < -0.39 is 0 Å². The molecule has 0 aliphatic rings. The maximum atomic E-state index is 12.5. The van der Waals surface area contributed by atoms with Crippen LogP contribution in [-0.2, 0) is 11.8 Å². The molecule has 0 radical (unpaired) electrons. The van der Waals surface area contributed by atoms with E-state index >= 15 is 0 Å². The van der Waals surface area contributed by atoms with Gasteiger partial charge in [0.25, 0.3) is 0 Å². The molecule has 124 valence electrons. The van der Waals surface area contributed by atoms with Gasteiger partial charge in [-0.1, -0.05) is 43.8 Å². The van der Waals surface area contributed by atoms with Crippen LogP contribution in [0, 0.1) is 6.92 Å². The van der Waals surface area contributed by atoms with E-state index in [2.05, 4.69) is 35.4 Å². The Hall–Kier alpha value is -1.82. The molecule has 0 fully saturated rings. The van der Waals surface area contributed by atoms with Crippen LogP contribution in [0.5, 0.6) is 0 Å². The molecule has 1 aromatic carbocycles. The van der Waals surface area contributed by atoms with E-state index in [1.54, 1.807) is 0 Å². The summed E-state index contributed by atoms with van der Waals surface area (Å²) < 4.78 is 1.89. The first-order valence-corrected chi connectivity index (χ1v) is 8.74. The molecule has 0 aliphatic carbocycles. The predicted molar refractivity (Wildman–Crippen MR) is 94.8 cm³/mol. The fraction of sp³-hybridized carbons (Fsp3) is 0.471. The van der Waals surface area contributed by atoms with Crippen LogP contribution in [0.25, 0.3) is 0 Å². The molecule has 5 nitrogen and oxygen atoms in total. The topological polar surface area (TPSA) is 59.8 Å². The van der Waals surface area contributed by atoms with Crippen molar-refractivity contribution in [1.29, 1.82) is 0 Å². The molecule has 1 N–H and O–H groups in total. The van der Waals surface area contributed by atoms with E-state index in [0.717, 1.165) is 23.1 Å². The average Bonchev–Trinajstić information content (AvgIpc) is 2.86. The Morgan fingerprint density at radius 1 is 1.30 bits per heavy atom. The number of thioether (sulfide) groups is 1. The number of nitrogens with zero attached hydrogens (tertiary/aromatic N) is 3. The van der Waals surface area contributed by atoms with Crippen molar-refractivity contribution in [2.75, 3.05) is 5.32 Å². The number of benzene rings is 1. The number of carbonyl (C=O) groups is 1. The Bertz CT molecular complexity index is 683. The number of nitrogens with one attached hydrogen (secondary N) is 1. The Labute approximate surface area is 141 Å². The first-order chi connectivity index (χ1) is 10.9. The number of rotatable bonds is 6. The third-order valence-corrected chi connectivity index (χ3v) is 5.20. The smallest absolute Gasteiger partial charge is 0.237 e. The predicted octanol–water partition coefficient (Wildman–Crippen LogP) is 3.76. The number of amides is 1. The number of para-hydroxylation sites is 1. The maximum absolute atomic E-state index is 12.5. The van der Waals surface area contributed by atoms with Crippen molar-refractivity contribution in [3.8, 4) is 0 Å². The summed E-state index contributed by atoms with van der Waals surface area (Å²) >= 11 is 1.42. The minimum absolute atomic E-state index is 0.0218. The third kappa shape index (κ3) is 4.13. The van der Waals surface area contributed by atoms with Gasteiger partial charge >= 0.3 is 0 Å². The molecule has 6 heteroatoms. The minimum Gasteiger partial charge on any atom is -0.325 e. The van der Waals surface area contributed by atoms with Crippen LogP contribution in [0.15, 0.2) is 29.4 Å². The van der Waals surface area contributed by atoms with E-state index in [1.165, 1.54) is 17.3 Å². The number of aromatic nitrogens is 3. The fourth-order valence-corrected chi connectivity index (χ4v) is 3.06. The molecule has 2 aromatic rings. The number of anilines is 1. The van der Waals surface area contributed by atoms with Gasteiger partial charge in [-0.3, -0.25) is 4.79 Å². The minimum atomic E-state index is -0.248. The molecule has 2 atom stereocenters. The van der Waals surface area contributed by atoms with Crippen molar-refractivity contribution in [1.82, 2.24) is 14.8 Å². The molecule has 0 saturated carbocycles. The molecule has 0 spiro atoms. The van der Waals surface area contributed by atoms with Crippen LogP contribution < -0.4 is 5.32 Å². The lowest BCUT2D eigenvalue weighted by molar-refractivity contribution is -0.115. The molecule has 0 aliphatic heterocycles. The maximum Gasteiger partial charge on any atom is 0.237 e. The SMILES string of the molecule is CC[C@@H](C)c1ccccc1NC(=O)[C@H](C)Sc1nnc(C)n1C. The molecule has 23 heavy (non-hydrogen) atoms. The summed E-state index contributed by atoms with van der Waals surface area (Å²) in [5.41, 5.74) is 2.07. The highest BCUT2D eigenvalue weighted by Crippen LogP contribution is 2.28. The van der Waals surface area contributed by atoms with E-state index in [1.807, 2.05) is 43.7 Å². The normalized spacial score (nSPS) is 13.6. The number of aryl methyl sites for hydroxylation is 1. The molecule has 0 bridgehead atoms. The van der Waals surface area contributed by atoms with Crippen molar-refractivity contribution >= 4 is 23.4 Å². The molecular weight excluding hydrogens is 308 g/mol. The van der Waals surface area contributed by atoms with E-state index in [9.17, 15) is 4.79 Å². The van der Waals surface area contributed by atoms with Crippen LogP contribution in [0.1, 0.15) is 44.5 Å². The summed E-state index contributed by atoms with van der Waals surface area (Å²) in [7, 11) is 1.90. The Morgan fingerprint density at radius 2 is 2.00 bits per heavy atom. The van der Waals surface area contributed by atoms with E-state index in [-0.39, 0.29) is 11.2 Å². The standard InChI is InChI=1S/C17H24N4OS/c1-6-11(2)14-9-7-8-10-15(14)18-16(22)12(3)23-17-20-19-13(4)21(17)5/h7-12H,6H2,1-5H3,(H,18,22)/t11-,12+/m1/s1. The first-order valence-electron chi connectivity index (χ1n) is 7.86. The van der Waals surface area contributed by atoms with Gasteiger partial charge < -0.3 is 9.88 Å². The monoisotopic (exact) mass is 332 g/mol. The van der Waals surface area contributed by atoms with Gasteiger partial charge in [-0.15, -0.1) is 10.2 Å². The van der Waals surface area contributed by atoms with Gasteiger partial charge in [0.1, 0.15) is 5.82 Å². The Balaban J connectivity index is 2.08. The molecule has 1 aromatic heterocycles. The molecule has 0 unspecified atom stereocenters. The van der Waals surface area contributed by atoms with Crippen LogP contribution in [-0.4, -0.2) is 25.9 Å². The zero-order chi connectivity index (χ0) is 17.0. The highest BCUT2D eigenvalue weighted by atomic mass is 32.2. The van der Waals surface area contributed by atoms with E-state index in [0.29, 0.717) is 5.92 Å². The highest BCUT2D eigenvalue weighted by Gasteiger charge is 2.19. The summed E-state index contributed by atoms with van der Waals surface area (Å²) in [5, 5.41) is 11.7. The molecule has 2 rings (SSSR count). The second-order valence-electron chi connectivity index (χ2n) is 5.73. The Morgan fingerprint density at radius 3 is 2.61 bits per heavy atom. The Kier molecular flexibility index (Phi) is 5.82. The van der Waals surface area contributed by atoms with Gasteiger partial charge in [-0.2, -0.15) is 0 Å². The van der Waals surface area contributed by atoms with Crippen LogP contribution in [0.3, 0.4) is 0 Å². The highest BCUT2D eigenvalue weighted by molar-refractivity contribution is 8.00. The van der Waals surface area contributed by atoms with Crippen molar-refractivity contribution < 1.29 is 4.79 Å². The van der Waals surface area contributed by atoms with Crippen LogP contribution >= 0.6 is 11.8 Å². The quantitative estimate of drug-likeness (QED) is 0.818. The summed E-state index contributed by atoms with van der Waals surface area (Å²) in [5.74, 6) is 1.23. The van der Waals surface area contributed by atoms with Crippen LogP contribution in [0.4, 0.5) is 5.69 Å². The second-order valence-corrected chi connectivity index (χ2v) is 7.04. The average molecular weight is 332 g/mol. The molecule has 1 amide bonds. The lowest BCUT2D eigenvalue weighted by Gasteiger charge is -2.17. The van der Waals surface area contributed by atoms with Gasteiger partial charge in [-0.25, -0.2) is 0 Å². The van der Waals surface area contributed by atoms with Crippen molar-refractivity contribution in [3.05, 3.63) is 35.7 Å². The fourth-order valence-electron chi connectivity index (χ4n) is 2.20. The van der Waals surface area contributed by atoms with Gasteiger partial charge in [0, 0.05) is 12.7 Å². The molecule has 0 saturated heterocycles.